The summed E-state index contributed by atoms with van der Waals surface area (Å²) in [7, 11) is -3.91. The molecule has 45 heavy (non-hydrogen) atoms. The molecule has 0 bridgehead atoms. The van der Waals surface area contributed by atoms with Gasteiger partial charge in [0.15, 0.2) is 15.5 Å². The predicted octanol–water partition coefficient (Wildman–Crippen LogP) is 4.05. The van der Waals surface area contributed by atoms with Gasteiger partial charge in [-0.15, -0.1) is 0 Å². The van der Waals surface area contributed by atoms with E-state index >= 15 is 0 Å². The van der Waals surface area contributed by atoms with Crippen molar-refractivity contribution in [1.29, 1.82) is 5.26 Å². The Labute approximate surface area is 263 Å². The van der Waals surface area contributed by atoms with E-state index in [-0.39, 0.29) is 58.9 Å². The zero-order chi connectivity index (χ0) is 32.8. The van der Waals surface area contributed by atoms with Crippen molar-refractivity contribution in [3.8, 4) is 11.8 Å². The first-order chi connectivity index (χ1) is 21.1. The van der Waals surface area contributed by atoms with Crippen LogP contribution < -0.4 is 5.56 Å². The van der Waals surface area contributed by atoms with E-state index in [1.54, 1.807) is 0 Å². The number of carbonyl (C=O) groups is 2. The molecular formula is C28H22Cl2F3N5O6S. The minimum atomic E-state index is -4.88. The second-order valence-electron chi connectivity index (χ2n) is 10.3. The molecule has 1 atom stereocenters. The second-order valence-corrected chi connectivity index (χ2v) is 13.3. The van der Waals surface area contributed by atoms with Gasteiger partial charge in [0.1, 0.15) is 5.82 Å². The molecule has 3 heterocycles. The lowest BCUT2D eigenvalue weighted by atomic mass is 10.0. The van der Waals surface area contributed by atoms with E-state index in [0.29, 0.717) is 12.5 Å². The Morgan fingerprint density at radius 2 is 1.82 bits per heavy atom. The lowest BCUT2D eigenvalue weighted by Crippen LogP contribution is -2.46. The number of aromatic nitrogens is 2. The van der Waals surface area contributed by atoms with Crippen molar-refractivity contribution in [1.82, 2.24) is 19.4 Å². The topological polar surface area (TPSA) is 154 Å². The van der Waals surface area contributed by atoms with Crippen LogP contribution in [0.25, 0.3) is 0 Å². The van der Waals surface area contributed by atoms with Crippen LogP contribution in [0.15, 0.2) is 46.1 Å². The van der Waals surface area contributed by atoms with Gasteiger partial charge in [0.2, 0.25) is 5.75 Å². The van der Waals surface area contributed by atoms with Crippen LogP contribution in [0.1, 0.15) is 56.7 Å². The largest absolute Gasteiger partial charge is 0.501 e. The summed E-state index contributed by atoms with van der Waals surface area (Å²) < 4.78 is 67.7. The summed E-state index contributed by atoms with van der Waals surface area (Å²) in [4.78, 5) is 45.8. The molecule has 0 radical (unpaired) electrons. The fourth-order valence-electron chi connectivity index (χ4n) is 5.42. The molecule has 3 aromatic rings. The number of carbonyl (C=O) groups excluding carboxylic acids is 2. The monoisotopic (exact) mass is 683 g/mol. The minimum absolute atomic E-state index is 0.0301. The molecule has 2 amide bonds. The van der Waals surface area contributed by atoms with Gasteiger partial charge in [-0.25, -0.2) is 8.42 Å². The molecule has 0 saturated carbocycles. The van der Waals surface area contributed by atoms with Crippen molar-refractivity contribution in [2.24, 2.45) is 0 Å². The van der Waals surface area contributed by atoms with E-state index in [1.807, 2.05) is 0 Å². The van der Waals surface area contributed by atoms with Crippen LogP contribution in [0.3, 0.4) is 0 Å². The van der Waals surface area contributed by atoms with Crippen LogP contribution in [-0.2, 0) is 22.6 Å². The number of hydrogen-bond acceptors (Lipinski definition) is 8. The molecule has 11 nitrogen and oxygen atoms in total. The van der Waals surface area contributed by atoms with Crippen molar-refractivity contribution in [3.05, 3.63) is 85.0 Å². The Morgan fingerprint density at radius 1 is 1.09 bits per heavy atom. The first kappa shape index (κ1) is 32.3. The molecule has 1 N–H and O–H groups in total. The van der Waals surface area contributed by atoms with E-state index in [9.17, 15) is 41.1 Å². The lowest BCUT2D eigenvalue weighted by Gasteiger charge is -2.33. The SMILES string of the molecule is N#Cc1ccc(C(=O)N2CCC[C@H]2c2nc(=O)c(O)c3n2CCN(CCS(=O)(=O)c2ccc(Cl)c(Cl)c2)C3=O)cc1C(F)(F)F. The number of benzene rings is 2. The molecule has 17 heteroatoms. The third-order valence-corrected chi connectivity index (χ3v) is 10.1. The number of nitriles is 1. The molecule has 1 fully saturated rings. The van der Waals surface area contributed by atoms with Gasteiger partial charge in [0, 0.05) is 31.7 Å². The Hall–Kier alpha value is -4.13. The maximum Gasteiger partial charge on any atom is 0.417 e. The molecule has 5 rings (SSSR count). The Morgan fingerprint density at radius 3 is 2.49 bits per heavy atom. The average molecular weight is 684 g/mol. The lowest BCUT2D eigenvalue weighted by molar-refractivity contribution is -0.137. The van der Waals surface area contributed by atoms with Crippen molar-refractivity contribution in [2.75, 3.05) is 25.4 Å². The first-order valence-electron chi connectivity index (χ1n) is 13.4. The van der Waals surface area contributed by atoms with Gasteiger partial charge in [-0.05, 0) is 49.2 Å². The van der Waals surface area contributed by atoms with Crippen molar-refractivity contribution >= 4 is 44.9 Å². The fourth-order valence-corrected chi connectivity index (χ4v) is 7.05. The van der Waals surface area contributed by atoms with Crippen LogP contribution in [0.5, 0.6) is 5.75 Å². The zero-order valence-corrected chi connectivity index (χ0v) is 25.3. The zero-order valence-electron chi connectivity index (χ0n) is 23.0. The maximum absolute atomic E-state index is 13.5. The van der Waals surface area contributed by atoms with Crippen molar-refractivity contribution in [3.63, 3.8) is 0 Å². The number of amides is 2. The van der Waals surface area contributed by atoms with Crippen LogP contribution in [0, 0.1) is 11.3 Å². The number of nitrogens with zero attached hydrogens (tertiary/aromatic N) is 5. The fraction of sp³-hybridized carbons (Fsp3) is 0.321. The summed E-state index contributed by atoms with van der Waals surface area (Å²) in [5.74, 6) is -3.16. The van der Waals surface area contributed by atoms with Crippen molar-refractivity contribution < 1.29 is 36.3 Å². The van der Waals surface area contributed by atoms with E-state index in [0.717, 1.165) is 17.0 Å². The first-order valence-corrected chi connectivity index (χ1v) is 15.8. The highest BCUT2D eigenvalue weighted by molar-refractivity contribution is 7.91. The molecule has 0 unspecified atom stereocenters. The molecule has 1 aromatic heterocycles. The van der Waals surface area contributed by atoms with Gasteiger partial charge in [0.05, 0.1) is 43.9 Å². The quantitative estimate of drug-likeness (QED) is 0.408. The number of likely N-dealkylation sites (tertiary alicyclic amines) is 1. The highest BCUT2D eigenvalue weighted by Gasteiger charge is 2.40. The van der Waals surface area contributed by atoms with Gasteiger partial charge in [-0.3, -0.25) is 14.4 Å². The summed E-state index contributed by atoms with van der Waals surface area (Å²) in [6.07, 6.45) is -4.23. The summed E-state index contributed by atoms with van der Waals surface area (Å²) in [5.41, 5.74) is -3.86. The smallest absolute Gasteiger partial charge is 0.417 e. The Kier molecular flexibility index (Phi) is 8.60. The van der Waals surface area contributed by atoms with E-state index in [1.165, 1.54) is 33.7 Å². The van der Waals surface area contributed by atoms with Gasteiger partial charge in [0.25, 0.3) is 11.8 Å². The number of aromatic hydroxyl groups is 1. The number of fused-ring (bicyclic) bond motifs is 1. The summed E-state index contributed by atoms with van der Waals surface area (Å²) in [6, 6.07) is 6.92. The molecule has 2 aliphatic rings. The molecule has 0 spiro atoms. The average Bonchev–Trinajstić information content (AvgIpc) is 3.48. The van der Waals surface area contributed by atoms with E-state index in [2.05, 4.69) is 4.98 Å². The Bertz CT molecular complexity index is 1940. The number of halogens is 5. The molecular weight excluding hydrogens is 662 g/mol. The van der Waals surface area contributed by atoms with Crippen molar-refractivity contribution in [2.45, 2.75) is 36.5 Å². The van der Waals surface area contributed by atoms with Crippen LogP contribution in [0.4, 0.5) is 13.2 Å². The van der Waals surface area contributed by atoms with Gasteiger partial charge in [-0.1, -0.05) is 23.2 Å². The molecule has 2 aromatic carbocycles. The number of alkyl halides is 3. The second kappa shape index (κ2) is 12.0. The molecule has 1 saturated heterocycles. The van der Waals surface area contributed by atoms with Gasteiger partial charge >= 0.3 is 11.7 Å². The highest BCUT2D eigenvalue weighted by Crippen LogP contribution is 2.36. The van der Waals surface area contributed by atoms with Crippen LogP contribution in [-0.4, -0.2) is 70.1 Å². The van der Waals surface area contributed by atoms with Gasteiger partial charge in [-0.2, -0.15) is 23.4 Å². The Balaban J connectivity index is 1.43. The highest BCUT2D eigenvalue weighted by atomic mass is 35.5. The number of hydrogen-bond donors (Lipinski definition) is 1. The third kappa shape index (κ3) is 6.09. The standard InChI is InChI=1S/C28H22Cl2F3N5O6S/c29-19-6-5-17(13-20(19)30)45(43,44)11-10-36-8-9-38-22(27(36)42)23(39)25(40)35-24(38)21-2-1-7-37(21)26(41)15-3-4-16(14-34)18(12-15)28(31,32)33/h3-6,12-13,21,39H,1-2,7-11H2/t21-/m0/s1. The third-order valence-electron chi connectivity index (χ3n) is 7.66. The van der Waals surface area contributed by atoms with Crippen LogP contribution in [0.2, 0.25) is 10.0 Å². The van der Waals surface area contributed by atoms with Gasteiger partial charge < -0.3 is 19.5 Å². The van der Waals surface area contributed by atoms with E-state index in [4.69, 9.17) is 28.5 Å². The normalized spacial score (nSPS) is 16.9. The number of rotatable bonds is 6. The summed E-state index contributed by atoms with van der Waals surface area (Å²) >= 11 is 11.8. The predicted molar refractivity (Wildman–Crippen MR) is 154 cm³/mol. The molecule has 2 aliphatic heterocycles. The molecule has 236 valence electrons. The maximum atomic E-state index is 13.5. The summed E-state index contributed by atoms with van der Waals surface area (Å²) in [5, 5.41) is 19.8. The summed E-state index contributed by atoms with van der Waals surface area (Å²) in [6.45, 7) is -0.257. The number of sulfone groups is 1. The van der Waals surface area contributed by atoms with Crippen LogP contribution >= 0.6 is 23.2 Å². The van der Waals surface area contributed by atoms with E-state index < -0.39 is 67.8 Å². The minimum Gasteiger partial charge on any atom is -0.501 e. The molecule has 0 aliphatic carbocycles.